The highest BCUT2D eigenvalue weighted by Crippen LogP contribution is 2.26. The molecule has 4 heteroatoms. The fourth-order valence-electron chi connectivity index (χ4n) is 2.06. The minimum absolute atomic E-state index is 0.191. The minimum Gasteiger partial charge on any atom is -0.508 e. The Morgan fingerprint density at radius 2 is 2.00 bits per heavy atom. The lowest BCUT2D eigenvalue weighted by atomic mass is 10.2. The van der Waals surface area contributed by atoms with E-state index in [1.807, 2.05) is 17.7 Å². The fourth-order valence-corrected chi connectivity index (χ4v) is 2.06. The number of hydrogen-bond donors (Lipinski definition) is 1. The number of aromatic hydroxyl groups is 1. The standard InChI is InChI=1S/C14H11FN2O/c1-17-13-8-11(18)5-6-12(13)16-14(17)9-3-2-4-10(15)7-9/h2-8,18H,1H3. The number of phenolic OH excluding ortho intramolecular Hbond substituents is 1. The number of benzene rings is 2. The summed E-state index contributed by atoms with van der Waals surface area (Å²) in [6.45, 7) is 0. The Hall–Kier alpha value is -2.36. The van der Waals surface area contributed by atoms with Crippen molar-refractivity contribution in [1.82, 2.24) is 9.55 Å². The molecule has 18 heavy (non-hydrogen) atoms. The summed E-state index contributed by atoms with van der Waals surface area (Å²) < 4.78 is 15.1. The first-order chi connectivity index (χ1) is 8.65. The Balaban J connectivity index is 2.27. The van der Waals surface area contributed by atoms with Crippen LogP contribution < -0.4 is 0 Å². The summed E-state index contributed by atoms with van der Waals surface area (Å²) in [6, 6.07) is 11.3. The zero-order valence-electron chi connectivity index (χ0n) is 9.76. The highest BCUT2D eigenvalue weighted by molar-refractivity contribution is 5.81. The summed E-state index contributed by atoms with van der Waals surface area (Å²) in [5.74, 6) is 0.578. The van der Waals surface area contributed by atoms with E-state index in [4.69, 9.17) is 0 Å². The summed E-state index contributed by atoms with van der Waals surface area (Å²) in [5.41, 5.74) is 2.30. The number of nitrogens with zero attached hydrogens (tertiary/aromatic N) is 2. The lowest BCUT2D eigenvalue weighted by Crippen LogP contribution is -1.92. The van der Waals surface area contributed by atoms with Crippen LogP contribution in [0.4, 0.5) is 4.39 Å². The quantitative estimate of drug-likeness (QED) is 0.712. The van der Waals surface area contributed by atoms with Gasteiger partial charge in [-0.2, -0.15) is 0 Å². The topological polar surface area (TPSA) is 38.0 Å². The van der Waals surface area contributed by atoms with Crippen LogP contribution in [0.3, 0.4) is 0 Å². The Kier molecular flexibility index (Phi) is 2.30. The highest BCUT2D eigenvalue weighted by Gasteiger charge is 2.10. The SMILES string of the molecule is Cn1c(-c2cccc(F)c2)nc2ccc(O)cc21. The Morgan fingerprint density at radius 1 is 1.17 bits per heavy atom. The largest absolute Gasteiger partial charge is 0.508 e. The summed E-state index contributed by atoms with van der Waals surface area (Å²) >= 11 is 0. The molecule has 90 valence electrons. The lowest BCUT2D eigenvalue weighted by molar-refractivity contribution is 0.476. The zero-order valence-corrected chi connectivity index (χ0v) is 9.76. The van der Waals surface area contributed by atoms with Gasteiger partial charge in [-0.15, -0.1) is 0 Å². The van der Waals surface area contributed by atoms with Gasteiger partial charge in [0.05, 0.1) is 11.0 Å². The van der Waals surface area contributed by atoms with Gasteiger partial charge in [0.15, 0.2) is 0 Å². The van der Waals surface area contributed by atoms with Crippen LogP contribution in [0.5, 0.6) is 5.75 Å². The average molecular weight is 242 g/mol. The predicted octanol–water partition coefficient (Wildman–Crippen LogP) is 3.09. The highest BCUT2D eigenvalue weighted by atomic mass is 19.1. The third-order valence-electron chi connectivity index (χ3n) is 2.95. The van der Waals surface area contributed by atoms with Crippen molar-refractivity contribution in [2.45, 2.75) is 0 Å². The molecule has 2 aromatic carbocycles. The normalized spacial score (nSPS) is 11.0. The van der Waals surface area contributed by atoms with Gasteiger partial charge in [-0.3, -0.25) is 0 Å². The third-order valence-corrected chi connectivity index (χ3v) is 2.95. The van der Waals surface area contributed by atoms with E-state index in [1.54, 1.807) is 24.3 Å². The van der Waals surface area contributed by atoms with Crippen LogP contribution in [-0.2, 0) is 7.05 Å². The van der Waals surface area contributed by atoms with E-state index in [2.05, 4.69) is 4.98 Å². The molecule has 3 rings (SSSR count). The van der Waals surface area contributed by atoms with Gasteiger partial charge in [-0.25, -0.2) is 9.37 Å². The summed E-state index contributed by atoms with van der Waals surface area (Å²) in [4.78, 5) is 4.45. The molecule has 1 aromatic heterocycles. The minimum atomic E-state index is -0.289. The van der Waals surface area contributed by atoms with E-state index < -0.39 is 0 Å². The number of hydrogen-bond acceptors (Lipinski definition) is 2. The first-order valence-electron chi connectivity index (χ1n) is 5.56. The maximum atomic E-state index is 13.2. The number of aromatic nitrogens is 2. The number of halogens is 1. The van der Waals surface area contributed by atoms with Crippen LogP contribution in [0, 0.1) is 5.82 Å². The van der Waals surface area contributed by atoms with Crippen LogP contribution in [0.25, 0.3) is 22.4 Å². The molecular formula is C14H11FN2O. The van der Waals surface area contributed by atoms with Gasteiger partial charge < -0.3 is 9.67 Å². The molecule has 0 atom stereocenters. The van der Waals surface area contributed by atoms with Crippen molar-refractivity contribution in [3.05, 3.63) is 48.3 Å². The third kappa shape index (κ3) is 1.62. The number of aryl methyl sites for hydroxylation is 1. The van der Waals surface area contributed by atoms with Gasteiger partial charge in [-0.05, 0) is 24.3 Å². The molecule has 3 aromatic rings. The number of fused-ring (bicyclic) bond motifs is 1. The molecule has 0 saturated heterocycles. The van der Waals surface area contributed by atoms with Crippen LogP contribution in [0.15, 0.2) is 42.5 Å². The van der Waals surface area contributed by atoms with E-state index in [0.29, 0.717) is 11.4 Å². The maximum Gasteiger partial charge on any atom is 0.140 e. The lowest BCUT2D eigenvalue weighted by Gasteiger charge is -2.02. The number of phenols is 1. The molecule has 3 nitrogen and oxygen atoms in total. The van der Waals surface area contributed by atoms with Crippen LogP contribution in [0.1, 0.15) is 0 Å². The molecular weight excluding hydrogens is 231 g/mol. The van der Waals surface area contributed by atoms with Crippen LogP contribution in [0.2, 0.25) is 0 Å². The Bertz CT molecular complexity index is 734. The molecule has 1 heterocycles. The summed E-state index contributed by atoms with van der Waals surface area (Å²) in [6.07, 6.45) is 0. The molecule has 0 aliphatic carbocycles. The number of rotatable bonds is 1. The van der Waals surface area contributed by atoms with E-state index >= 15 is 0 Å². The molecule has 0 aliphatic rings. The van der Waals surface area contributed by atoms with Gasteiger partial charge in [-0.1, -0.05) is 12.1 Å². The van der Waals surface area contributed by atoms with Crippen molar-refractivity contribution < 1.29 is 9.50 Å². The van der Waals surface area contributed by atoms with Crippen LogP contribution in [-0.4, -0.2) is 14.7 Å². The van der Waals surface area contributed by atoms with Gasteiger partial charge >= 0.3 is 0 Å². The second-order valence-electron chi connectivity index (χ2n) is 4.18. The zero-order chi connectivity index (χ0) is 12.7. The van der Waals surface area contributed by atoms with Crippen molar-refractivity contribution in [2.75, 3.05) is 0 Å². The Labute approximate surface area is 103 Å². The van der Waals surface area contributed by atoms with Crippen molar-refractivity contribution in [1.29, 1.82) is 0 Å². The van der Waals surface area contributed by atoms with E-state index in [-0.39, 0.29) is 11.6 Å². The molecule has 0 unspecified atom stereocenters. The molecule has 0 saturated carbocycles. The predicted molar refractivity (Wildman–Crippen MR) is 67.8 cm³/mol. The van der Waals surface area contributed by atoms with Crippen molar-refractivity contribution in [3.63, 3.8) is 0 Å². The molecule has 0 radical (unpaired) electrons. The molecule has 0 spiro atoms. The summed E-state index contributed by atoms with van der Waals surface area (Å²) in [7, 11) is 1.84. The fraction of sp³-hybridized carbons (Fsp3) is 0.0714. The molecule has 1 N–H and O–H groups in total. The number of imidazole rings is 1. The molecule has 0 fully saturated rings. The van der Waals surface area contributed by atoms with E-state index in [0.717, 1.165) is 11.0 Å². The van der Waals surface area contributed by atoms with E-state index in [1.165, 1.54) is 12.1 Å². The van der Waals surface area contributed by atoms with Crippen molar-refractivity contribution >= 4 is 11.0 Å². The van der Waals surface area contributed by atoms with Gasteiger partial charge in [0, 0.05) is 18.7 Å². The van der Waals surface area contributed by atoms with Gasteiger partial charge in [0.25, 0.3) is 0 Å². The first kappa shape index (κ1) is 10.8. The van der Waals surface area contributed by atoms with E-state index in [9.17, 15) is 9.50 Å². The van der Waals surface area contributed by atoms with Gasteiger partial charge in [0.2, 0.25) is 0 Å². The second kappa shape index (κ2) is 3.84. The maximum absolute atomic E-state index is 13.2. The molecule has 0 amide bonds. The monoisotopic (exact) mass is 242 g/mol. The Morgan fingerprint density at radius 3 is 2.78 bits per heavy atom. The first-order valence-corrected chi connectivity index (χ1v) is 5.56. The smallest absolute Gasteiger partial charge is 0.140 e. The second-order valence-corrected chi connectivity index (χ2v) is 4.18. The van der Waals surface area contributed by atoms with Crippen molar-refractivity contribution in [3.8, 4) is 17.1 Å². The average Bonchev–Trinajstić information content (AvgIpc) is 2.67. The van der Waals surface area contributed by atoms with Gasteiger partial charge in [0.1, 0.15) is 17.4 Å². The molecule has 0 bridgehead atoms. The molecule has 0 aliphatic heterocycles. The summed E-state index contributed by atoms with van der Waals surface area (Å²) in [5, 5.41) is 9.48. The van der Waals surface area contributed by atoms with Crippen molar-refractivity contribution in [2.24, 2.45) is 7.05 Å². The van der Waals surface area contributed by atoms with Crippen LogP contribution >= 0.6 is 0 Å².